The molecule has 2 N–H and O–H groups in total. The number of rotatable bonds is 2. The van der Waals surface area contributed by atoms with Gasteiger partial charge in [-0.05, 0) is 30.9 Å². The Morgan fingerprint density at radius 3 is 2.90 bits per heavy atom. The lowest BCUT2D eigenvalue weighted by molar-refractivity contribution is 0.505. The highest BCUT2D eigenvalue weighted by Gasteiger charge is 2.23. The van der Waals surface area contributed by atoms with E-state index in [9.17, 15) is 0 Å². The van der Waals surface area contributed by atoms with E-state index in [4.69, 9.17) is 5.73 Å². The second-order valence-corrected chi connectivity index (χ2v) is 5.44. The quantitative estimate of drug-likeness (QED) is 0.910. The molecule has 0 bridgehead atoms. The molecule has 20 heavy (non-hydrogen) atoms. The summed E-state index contributed by atoms with van der Waals surface area (Å²) in [5, 5.41) is 0. The van der Waals surface area contributed by atoms with Crippen LogP contribution >= 0.6 is 0 Å². The standard InChI is InChI=1S/C16H20N4/c1-12-5-2-3-7-14(12)13-6-4-8-20(10-13)16-9-15(17)18-11-19-16/h2-3,5,7,9,11,13H,4,6,8,10H2,1H3,(H2,17,18,19)/t13-/m0/s1. The van der Waals surface area contributed by atoms with E-state index in [2.05, 4.69) is 46.1 Å². The van der Waals surface area contributed by atoms with Crippen molar-refractivity contribution in [2.45, 2.75) is 25.7 Å². The molecule has 1 atom stereocenters. The Morgan fingerprint density at radius 1 is 1.25 bits per heavy atom. The average molecular weight is 268 g/mol. The summed E-state index contributed by atoms with van der Waals surface area (Å²) in [6.45, 7) is 4.23. The first kappa shape index (κ1) is 12.9. The van der Waals surface area contributed by atoms with Gasteiger partial charge in [0.2, 0.25) is 0 Å². The first-order valence-corrected chi connectivity index (χ1v) is 7.12. The van der Waals surface area contributed by atoms with E-state index in [1.54, 1.807) is 6.33 Å². The Balaban J connectivity index is 1.82. The van der Waals surface area contributed by atoms with Gasteiger partial charge in [0, 0.05) is 25.1 Å². The summed E-state index contributed by atoms with van der Waals surface area (Å²) in [5.74, 6) is 2.05. The minimum Gasteiger partial charge on any atom is -0.384 e. The minimum atomic E-state index is 0.535. The Bertz CT molecular complexity index is 597. The first-order valence-electron chi connectivity index (χ1n) is 7.12. The molecular weight excluding hydrogens is 248 g/mol. The molecule has 1 fully saturated rings. The number of anilines is 2. The molecule has 0 amide bonds. The van der Waals surface area contributed by atoms with Crippen LogP contribution in [0.25, 0.3) is 0 Å². The summed E-state index contributed by atoms with van der Waals surface area (Å²) < 4.78 is 0. The summed E-state index contributed by atoms with van der Waals surface area (Å²) in [4.78, 5) is 10.6. The largest absolute Gasteiger partial charge is 0.384 e. The van der Waals surface area contributed by atoms with Crippen molar-refractivity contribution in [3.05, 3.63) is 47.8 Å². The summed E-state index contributed by atoms with van der Waals surface area (Å²) in [6.07, 6.45) is 3.97. The maximum atomic E-state index is 5.76. The van der Waals surface area contributed by atoms with Crippen molar-refractivity contribution >= 4 is 11.6 Å². The molecule has 1 aromatic heterocycles. The normalized spacial score (nSPS) is 19.1. The Kier molecular flexibility index (Phi) is 3.54. The number of nitrogens with zero attached hydrogens (tertiary/aromatic N) is 3. The van der Waals surface area contributed by atoms with Crippen LogP contribution in [0.15, 0.2) is 36.7 Å². The van der Waals surface area contributed by atoms with Crippen LogP contribution in [0.3, 0.4) is 0 Å². The zero-order chi connectivity index (χ0) is 13.9. The number of nitrogens with two attached hydrogens (primary N) is 1. The van der Waals surface area contributed by atoms with E-state index in [1.165, 1.54) is 24.0 Å². The molecule has 0 unspecified atom stereocenters. The zero-order valence-electron chi connectivity index (χ0n) is 11.8. The number of hydrogen-bond acceptors (Lipinski definition) is 4. The number of piperidine rings is 1. The maximum absolute atomic E-state index is 5.76. The van der Waals surface area contributed by atoms with Gasteiger partial charge in [0.05, 0.1) is 0 Å². The summed E-state index contributed by atoms with van der Waals surface area (Å²) in [7, 11) is 0. The van der Waals surface area contributed by atoms with Crippen molar-refractivity contribution in [1.82, 2.24) is 9.97 Å². The fourth-order valence-corrected chi connectivity index (χ4v) is 3.02. The molecule has 1 aliphatic heterocycles. The molecule has 2 aromatic rings. The van der Waals surface area contributed by atoms with E-state index in [1.807, 2.05) is 6.07 Å². The SMILES string of the molecule is Cc1ccccc1[C@H]1CCCN(c2cc(N)ncn2)C1. The Morgan fingerprint density at radius 2 is 2.10 bits per heavy atom. The van der Waals surface area contributed by atoms with E-state index in [-0.39, 0.29) is 0 Å². The molecule has 0 aliphatic carbocycles. The molecule has 0 spiro atoms. The lowest BCUT2D eigenvalue weighted by Crippen LogP contribution is -2.35. The lowest BCUT2D eigenvalue weighted by Gasteiger charge is -2.34. The monoisotopic (exact) mass is 268 g/mol. The fraction of sp³-hybridized carbons (Fsp3) is 0.375. The van der Waals surface area contributed by atoms with Gasteiger partial charge in [0.25, 0.3) is 0 Å². The third-order valence-corrected chi connectivity index (χ3v) is 4.05. The first-order chi connectivity index (χ1) is 9.74. The van der Waals surface area contributed by atoms with Gasteiger partial charge >= 0.3 is 0 Å². The molecule has 0 saturated carbocycles. The van der Waals surface area contributed by atoms with Crippen molar-refractivity contribution in [2.24, 2.45) is 0 Å². The van der Waals surface area contributed by atoms with Crippen molar-refractivity contribution in [3.8, 4) is 0 Å². The van der Waals surface area contributed by atoms with Gasteiger partial charge in [-0.25, -0.2) is 9.97 Å². The summed E-state index contributed by atoms with van der Waals surface area (Å²) in [5.41, 5.74) is 8.59. The van der Waals surface area contributed by atoms with Crippen molar-refractivity contribution < 1.29 is 0 Å². The predicted octanol–water partition coefficient (Wildman–Crippen LogP) is 2.75. The summed E-state index contributed by atoms with van der Waals surface area (Å²) >= 11 is 0. The molecular formula is C16H20N4. The number of aromatic nitrogens is 2. The molecule has 104 valence electrons. The highest BCUT2D eigenvalue weighted by atomic mass is 15.2. The summed E-state index contributed by atoms with van der Waals surface area (Å²) in [6, 6.07) is 10.5. The number of nitrogen functional groups attached to an aromatic ring is 1. The zero-order valence-corrected chi connectivity index (χ0v) is 11.8. The van der Waals surface area contributed by atoms with E-state index in [0.717, 1.165) is 18.9 Å². The van der Waals surface area contributed by atoms with Crippen molar-refractivity contribution in [3.63, 3.8) is 0 Å². The second-order valence-electron chi connectivity index (χ2n) is 5.44. The van der Waals surface area contributed by atoms with Gasteiger partial charge in [-0.3, -0.25) is 0 Å². The van der Waals surface area contributed by atoms with Gasteiger partial charge in [-0.2, -0.15) is 0 Å². The van der Waals surface area contributed by atoms with Crippen LogP contribution in [0.5, 0.6) is 0 Å². The van der Waals surface area contributed by atoms with Crippen LogP contribution in [0, 0.1) is 6.92 Å². The van der Waals surface area contributed by atoms with Gasteiger partial charge in [0.15, 0.2) is 0 Å². The van der Waals surface area contributed by atoms with E-state index < -0.39 is 0 Å². The lowest BCUT2D eigenvalue weighted by atomic mass is 9.88. The third-order valence-electron chi connectivity index (χ3n) is 4.05. The molecule has 3 rings (SSSR count). The average Bonchev–Trinajstić information content (AvgIpc) is 2.48. The minimum absolute atomic E-state index is 0.535. The van der Waals surface area contributed by atoms with Gasteiger partial charge in [0.1, 0.15) is 18.0 Å². The molecule has 1 aromatic carbocycles. The molecule has 0 radical (unpaired) electrons. The molecule has 4 heteroatoms. The van der Waals surface area contributed by atoms with Crippen LogP contribution < -0.4 is 10.6 Å². The van der Waals surface area contributed by atoms with Gasteiger partial charge in [-0.15, -0.1) is 0 Å². The second kappa shape index (κ2) is 5.49. The topological polar surface area (TPSA) is 55.0 Å². The molecule has 4 nitrogen and oxygen atoms in total. The molecule has 2 heterocycles. The Hall–Kier alpha value is -2.10. The van der Waals surface area contributed by atoms with Crippen LogP contribution in [-0.4, -0.2) is 23.1 Å². The maximum Gasteiger partial charge on any atom is 0.134 e. The molecule has 1 aliphatic rings. The van der Waals surface area contributed by atoms with Crippen molar-refractivity contribution in [1.29, 1.82) is 0 Å². The molecule has 1 saturated heterocycles. The van der Waals surface area contributed by atoms with Crippen molar-refractivity contribution in [2.75, 3.05) is 23.7 Å². The highest BCUT2D eigenvalue weighted by Crippen LogP contribution is 2.30. The predicted molar refractivity (Wildman–Crippen MR) is 81.8 cm³/mol. The van der Waals surface area contributed by atoms with Crippen LogP contribution in [-0.2, 0) is 0 Å². The van der Waals surface area contributed by atoms with E-state index in [0.29, 0.717) is 11.7 Å². The smallest absolute Gasteiger partial charge is 0.134 e. The van der Waals surface area contributed by atoms with E-state index >= 15 is 0 Å². The Labute approximate surface area is 119 Å². The van der Waals surface area contributed by atoms with Crippen LogP contribution in [0.4, 0.5) is 11.6 Å². The fourth-order valence-electron chi connectivity index (χ4n) is 3.02. The van der Waals surface area contributed by atoms with Gasteiger partial charge in [-0.1, -0.05) is 24.3 Å². The third kappa shape index (κ3) is 2.59. The van der Waals surface area contributed by atoms with Crippen LogP contribution in [0.1, 0.15) is 29.9 Å². The number of benzene rings is 1. The number of hydrogen-bond donors (Lipinski definition) is 1. The number of aryl methyl sites for hydroxylation is 1. The van der Waals surface area contributed by atoms with Gasteiger partial charge < -0.3 is 10.6 Å². The highest BCUT2D eigenvalue weighted by molar-refractivity contribution is 5.47. The van der Waals surface area contributed by atoms with Crippen LogP contribution in [0.2, 0.25) is 0 Å².